The fourth-order valence-electron chi connectivity index (χ4n) is 5.40. The van der Waals surface area contributed by atoms with E-state index >= 15 is 0 Å². The average molecular weight is 433 g/mol. The Bertz CT molecular complexity index is 1260. The third-order valence-electron chi connectivity index (χ3n) is 6.74. The van der Waals surface area contributed by atoms with Crippen molar-refractivity contribution in [2.45, 2.75) is 59.8 Å². The topological polar surface area (TPSA) is 80.9 Å². The number of rotatable bonds is 3. The summed E-state index contributed by atoms with van der Waals surface area (Å²) < 4.78 is 0. The minimum absolute atomic E-state index is 0.0942. The van der Waals surface area contributed by atoms with Crippen LogP contribution in [0.15, 0.2) is 36.4 Å². The second-order valence-electron chi connectivity index (χ2n) is 10.2. The molecule has 4 nitrogen and oxygen atoms in total. The van der Waals surface area contributed by atoms with Crippen LogP contribution in [0.4, 0.5) is 0 Å². The van der Waals surface area contributed by atoms with Crippen LogP contribution >= 0.6 is 0 Å². The number of aromatic hydroxyl groups is 3. The van der Waals surface area contributed by atoms with Gasteiger partial charge in [-0.3, -0.25) is 0 Å². The van der Waals surface area contributed by atoms with E-state index in [1.54, 1.807) is 24.3 Å². The third-order valence-corrected chi connectivity index (χ3v) is 6.74. The van der Waals surface area contributed by atoms with Gasteiger partial charge in [0.1, 0.15) is 23.0 Å². The van der Waals surface area contributed by atoms with Gasteiger partial charge in [0.05, 0.1) is 0 Å². The Kier molecular flexibility index (Phi) is 5.15. The molecule has 0 saturated heterocycles. The van der Waals surface area contributed by atoms with Crippen molar-refractivity contribution in [2.75, 3.05) is 0 Å². The Balaban J connectivity index is 2.02. The molecule has 168 valence electrons. The van der Waals surface area contributed by atoms with E-state index < -0.39 is 5.41 Å². The van der Waals surface area contributed by atoms with Gasteiger partial charge in [-0.25, -0.2) is 0 Å². The van der Waals surface area contributed by atoms with Gasteiger partial charge in [-0.2, -0.15) is 0 Å². The highest BCUT2D eigenvalue weighted by Crippen LogP contribution is 2.52. The third kappa shape index (κ3) is 3.21. The van der Waals surface area contributed by atoms with Gasteiger partial charge in [0, 0.05) is 33.2 Å². The number of benzene rings is 3. The normalized spacial score (nSPS) is 15.6. The lowest BCUT2D eigenvalue weighted by Gasteiger charge is -2.37. The Morgan fingerprint density at radius 2 is 1.22 bits per heavy atom. The second kappa shape index (κ2) is 7.47. The van der Waals surface area contributed by atoms with Crippen molar-refractivity contribution < 1.29 is 20.4 Å². The molecule has 0 bridgehead atoms. The predicted molar refractivity (Wildman–Crippen MR) is 130 cm³/mol. The molecule has 0 saturated carbocycles. The minimum Gasteiger partial charge on any atom is -0.508 e. The molecule has 32 heavy (non-hydrogen) atoms. The molecule has 0 atom stereocenters. The maximum atomic E-state index is 11.4. The highest BCUT2D eigenvalue weighted by Gasteiger charge is 2.38. The van der Waals surface area contributed by atoms with E-state index in [1.807, 2.05) is 39.8 Å². The Morgan fingerprint density at radius 3 is 1.84 bits per heavy atom. The lowest BCUT2D eigenvalue weighted by atomic mass is 9.68. The van der Waals surface area contributed by atoms with Gasteiger partial charge in [0.2, 0.25) is 0 Å². The van der Waals surface area contributed by atoms with Gasteiger partial charge >= 0.3 is 0 Å². The monoisotopic (exact) mass is 432 g/mol. The minimum atomic E-state index is -0.475. The summed E-state index contributed by atoms with van der Waals surface area (Å²) in [5.41, 5.74) is 4.12. The molecule has 1 aliphatic rings. The molecule has 0 heterocycles. The van der Waals surface area contributed by atoms with Crippen LogP contribution in [0.2, 0.25) is 0 Å². The molecule has 0 aromatic heterocycles. The van der Waals surface area contributed by atoms with Crippen LogP contribution in [0.1, 0.15) is 81.2 Å². The zero-order valence-corrected chi connectivity index (χ0v) is 19.6. The largest absolute Gasteiger partial charge is 0.508 e. The van der Waals surface area contributed by atoms with Crippen LogP contribution in [-0.2, 0) is 6.42 Å². The van der Waals surface area contributed by atoms with E-state index in [-0.39, 0.29) is 34.8 Å². The molecular weight excluding hydrogens is 400 g/mol. The van der Waals surface area contributed by atoms with Gasteiger partial charge < -0.3 is 20.4 Å². The first-order chi connectivity index (χ1) is 15.0. The van der Waals surface area contributed by atoms with Crippen molar-refractivity contribution >= 4 is 22.1 Å². The summed E-state index contributed by atoms with van der Waals surface area (Å²) >= 11 is 0. The number of phenols is 3. The van der Waals surface area contributed by atoms with Gasteiger partial charge in [0.25, 0.3) is 0 Å². The molecule has 4 rings (SSSR count). The Hall–Kier alpha value is -3.14. The van der Waals surface area contributed by atoms with Gasteiger partial charge in [-0.15, -0.1) is 0 Å². The summed E-state index contributed by atoms with van der Waals surface area (Å²) in [5, 5.41) is 45.1. The first-order valence-corrected chi connectivity index (χ1v) is 11.2. The molecule has 1 aliphatic carbocycles. The first-order valence-electron chi connectivity index (χ1n) is 11.2. The lowest BCUT2D eigenvalue weighted by Crippen LogP contribution is -2.25. The molecular formula is C28H32O4. The van der Waals surface area contributed by atoms with Crippen molar-refractivity contribution in [1.82, 2.24) is 0 Å². The van der Waals surface area contributed by atoms with E-state index in [1.165, 1.54) is 0 Å². The van der Waals surface area contributed by atoms with E-state index in [0.29, 0.717) is 28.5 Å². The van der Waals surface area contributed by atoms with Crippen LogP contribution in [0, 0.1) is 5.41 Å². The van der Waals surface area contributed by atoms with Crippen LogP contribution in [0.3, 0.4) is 0 Å². The highest BCUT2D eigenvalue weighted by atomic mass is 16.3. The number of phenolic OH excluding ortho intramolecular Hbond substituents is 3. The number of fused-ring (bicyclic) bond motifs is 2. The molecule has 0 radical (unpaired) electrons. The summed E-state index contributed by atoms with van der Waals surface area (Å²) in [4.78, 5) is 0. The predicted octanol–water partition coefficient (Wildman–Crippen LogP) is 7.21. The van der Waals surface area contributed by atoms with Crippen molar-refractivity contribution in [3.8, 4) is 17.2 Å². The number of hydrogen-bond donors (Lipinski definition) is 4. The Morgan fingerprint density at radius 1 is 0.688 bits per heavy atom. The average Bonchev–Trinajstić information content (AvgIpc) is 2.68. The summed E-state index contributed by atoms with van der Waals surface area (Å²) in [6.07, 6.45) is 0.633. The maximum Gasteiger partial charge on any atom is 0.131 e. The van der Waals surface area contributed by atoms with Crippen LogP contribution in [0.5, 0.6) is 17.2 Å². The van der Waals surface area contributed by atoms with E-state index in [0.717, 1.165) is 22.1 Å². The van der Waals surface area contributed by atoms with Crippen molar-refractivity contribution in [3.05, 3.63) is 64.2 Å². The fourth-order valence-corrected chi connectivity index (χ4v) is 5.40. The van der Waals surface area contributed by atoms with Crippen LogP contribution in [-0.4, -0.2) is 20.4 Å². The van der Waals surface area contributed by atoms with Crippen LogP contribution in [0.25, 0.3) is 22.1 Å². The highest BCUT2D eigenvalue weighted by molar-refractivity contribution is 6.01. The summed E-state index contributed by atoms with van der Waals surface area (Å²) in [6.45, 7) is 12.2. The lowest BCUT2D eigenvalue weighted by molar-refractivity contribution is 0.432. The number of aliphatic hydroxyl groups excluding tert-OH is 1. The van der Waals surface area contributed by atoms with Gasteiger partial charge in [-0.05, 0) is 58.9 Å². The first kappa shape index (κ1) is 22.1. The van der Waals surface area contributed by atoms with Crippen LogP contribution < -0.4 is 0 Å². The molecule has 0 amide bonds. The smallest absolute Gasteiger partial charge is 0.131 e. The summed E-state index contributed by atoms with van der Waals surface area (Å²) in [5.74, 6) is 0.916. The SMILES string of the molecule is CC(C)c1c(O)ccc2c1CC(C)(C)C(c1ccc3c(C(C)C)c(O)ccc3c1O)=C2O. The molecule has 0 aliphatic heterocycles. The molecule has 0 unspecified atom stereocenters. The van der Waals surface area contributed by atoms with Gasteiger partial charge in [-0.1, -0.05) is 53.7 Å². The molecule has 0 fully saturated rings. The standard InChI is InChI=1S/C28H32O4/c1-14(2)23-16-7-8-19(26(31)17(16)9-11-21(23)29)25-27(32)18-10-12-22(30)24(15(3)4)20(18)13-28(25,5)6/h7-12,14-15,29-32H,13H2,1-6H3. The second-order valence-corrected chi connectivity index (χ2v) is 10.2. The van der Waals surface area contributed by atoms with E-state index in [2.05, 4.69) is 13.8 Å². The zero-order chi connectivity index (χ0) is 23.5. The van der Waals surface area contributed by atoms with Crippen molar-refractivity contribution in [2.24, 2.45) is 5.41 Å². The fraction of sp³-hybridized carbons (Fsp3) is 0.357. The maximum absolute atomic E-state index is 11.4. The number of hydrogen-bond acceptors (Lipinski definition) is 4. The molecule has 4 heteroatoms. The molecule has 0 spiro atoms. The van der Waals surface area contributed by atoms with Crippen molar-refractivity contribution in [3.63, 3.8) is 0 Å². The summed E-state index contributed by atoms with van der Waals surface area (Å²) in [7, 11) is 0. The zero-order valence-electron chi connectivity index (χ0n) is 19.6. The molecule has 3 aromatic carbocycles. The number of aliphatic hydroxyl groups is 1. The van der Waals surface area contributed by atoms with E-state index in [4.69, 9.17) is 0 Å². The van der Waals surface area contributed by atoms with E-state index in [9.17, 15) is 20.4 Å². The number of allylic oxidation sites excluding steroid dienone is 1. The van der Waals surface area contributed by atoms with Gasteiger partial charge in [0.15, 0.2) is 0 Å². The Labute approximate surface area is 189 Å². The van der Waals surface area contributed by atoms with Crippen molar-refractivity contribution in [1.29, 1.82) is 0 Å². The molecule has 4 N–H and O–H groups in total. The quantitative estimate of drug-likeness (QED) is 0.352. The molecule has 3 aromatic rings. The summed E-state index contributed by atoms with van der Waals surface area (Å²) in [6, 6.07) is 10.5.